The largest absolute Gasteiger partial charge is 0.374 e. The quantitative estimate of drug-likeness (QED) is 0.828. The molecule has 2 rings (SSSR count). The maximum absolute atomic E-state index is 13.2. The van der Waals surface area contributed by atoms with E-state index < -0.39 is 21.7 Å². The molecule has 1 N–H and O–H groups in total. The number of hydrogen-bond donors (Lipinski definition) is 1. The molecule has 0 radical (unpaired) electrons. The van der Waals surface area contributed by atoms with Gasteiger partial charge in [0.1, 0.15) is 0 Å². The number of hydrogen-bond acceptors (Lipinski definition) is 3. The Morgan fingerprint density at radius 2 is 1.71 bits per heavy atom. The van der Waals surface area contributed by atoms with Crippen molar-refractivity contribution in [2.45, 2.75) is 38.0 Å². The minimum absolute atomic E-state index is 0.0267. The third-order valence-electron chi connectivity index (χ3n) is 3.34. The molecule has 0 bridgehead atoms. The van der Waals surface area contributed by atoms with Crippen LogP contribution in [0.4, 0.5) is 8.78 Å². The van der Waals surface area contributed by atoms with Gasteiger partial charge in [0, 0.05) is 6.54 Å². The molecule has 0 spiro atoms. The lowest BCUT2D eigenvalue weighted by atomic mass is 10.1. The number of sulfonamides is 1. The lowest BCUT2D eigenvalue weighted by Gasteiger charge is -2.13. The van der Waals surface area contributed by atoms with E-state index in [1.165, 1.54) is 0 Å². The van der Waals surface area contributed by atoms with Crippen LogP contribution in [0.15, 0.2) is 47.4 Å². The minimum atomic E-state index is -3.94. The lowest BCUT2D eigenvalue weighted by molar-refractivity contribution is 0.0652. The van der Waals surface area contributed by atoms with Gasteiger partial charge in [0.15, 0.2) is 11.6 Å². The van der Waals surface area contributed by atoms with Crippen molar-refractivity contribution in [1.29, 1.82) is 0 Å². The molecule has 0 saturated heterocycles. The lowest BCUT2D eigenvalue weighted by Crippen LogP contribution is -2.24. The van der Waals surface area contributed by atoms with Gasteiger partial charge in [-0.1, -0.05) is 24.3 Å². The van der Waals surface area contributed by atoms with Crippen molar-refractivity contribution in [3.63, 3.8) is 0 Å². The summed E-state index contributed by atoms with van der Waals surface area (Å²) in [5.74, 6) is -2.30. The number of ether oxygens (including phenoxy) is 1. The summed E-state index contributed by atoms with van der Waals surface area (Å²) in [4.78, 5) is -0.322. The van der Waals surface area contributed by atoms with Gasteiger partial charge in [-0.25, -0.2) is 21.9 Å². The summed E-state index contributed by atoms with van der Waals surface area (Å²) >= 11 is 0. The molecule has 0 heterocycles. The summed E-state index contributed by atoms with van der Waals surface area (Å²) in [5, 5.41) is 0. The van der Waals surface area contributed by atoms with Crippen LogP contribution < -0.4 is 4.72 Å². The van der Waals surface area contributed by atoms with Crippen molar-refractivity contribution in [3.05, 3.63) is 65.2 Å². The van der Waals surface area contributed by atoms with Crippen LogP contribution in [-0.2, 0) is 27.9 Å². The zero-order valence-electron chi connectivity index (χ0n) is 13.4. The van der Waals surface area contributed by atoms with Gasteiger partial charge in [0.2, 0.25) is 10.0 Å². The van der Waals surface area contributed by atoms with Crippen LogP contribution in [0.5, 0.6) is 0 Å². The molecule has 0 aliphatic heterocycles. The molecule has 0 saturated carbocycles. The summed E-state index contributed by atoms with van der Waals surface area (Å²) < 4.78 is 58.5. The fourth-order valence-electron chi connectivity index (χ4n) is 2.03. The van der Waals surface area contributed by atoms with Crippen LogP contribution in [0.3, 0.4) is 0 Å². The zero-order chi connectivity index (χ0) is 17.7. The second-order valence-electron chi connectivity index (χ2n) is 5.53. The first-order valence-corrected chi connectivity index (χ1v) is 8.91. The molecule has 0 aliphatic carbocycles. The Kier molecular flexibility index (Phi) is 6.04. The molecule has 130 valence electrons. The molecular weight excluding hydrogens is 336 g/mol. The van der Waals surface area contributed by atoms with Crippen LogP contribution in [0.2, 0.25) is 0 Å². The highest BCUT2D eigenvalue weighted by molar-refractivity contribution is 7.89. The smallest absolute Gasteiger partial charge is 0.240 e. The van der Waals surface area contributed by atoms with E-state index in [1.807, 2.05) is 26.0 Å². The molecule has 0 aliphatic rings. The molecule has 24 heavy (non-hydrogen) atoms. The summed E-state index contributed by atoms with van der Waals surface area (Å²) in [5.41, 5.74) is 1.61. The first-order valence-electron chi connectivity index (χ1n) is 7.42. The fourth-order valence-corrected chi connectivity index (χ4v) is 3.05. The normalized spacial score (nSPS) is 11.9. The molecule has 2 aromatic carbocycles. The highest BCUT2D eigenvalue weighted by Gasteiger charge is 2.17. The summed E-state index contributed by atoms with van der Waals surface area (Å²) in [6, 6.07) is 9.73. The van der Waals surface area contributed by atoms with E-state index >= 15 is 0 Å². The monoisotopic (exact) mass is 355 g/mol. The zero-order valence-corrected chi connectivity index (χ0v) is 14.2. The first-order chi connectivity index (χ1) is 11.3. The van der Waals surface area contributed by atoms with Gasteiger partial charge in [-0.15, -0.1) is 0 Å². The summed E-state index contributed by atoms with van der Waals surface area (Å²) in [6.45, 7) is 4.21. The Labute approximate surface area is 140 Å². The Bertz CT molecular complexity index is 807. The van der Waals surface area contributed by atoms with Crippen LogP contribution in [0, 0.1) is 11.6 Å². The van der Waals surface area contributed by atoms with Crippen molar-refractivity contribution >= 4 is 10.0 Å². The predicted octanol–water partition coefficient (Wildman–Crippen LogP) is 3.37. The van der Waals surface area contributed by atoms with E-state index in [0.717, 1.165) is 23.3 Å². The van der Waals surface area contributed by atoms with Gasteiger partial charge < -0.3 is 4.74 Å². The minimum Gasteiger partial charge on any atom is -0.374 e. The third kappa shape index (κ3) is 4.83. The number of nitrogens with one attached hydrogen (secondary N) is 1. The Hall–Kier alpha value is -1.83. The Morgan fingerprint density at radius 3 is 2.33 bits per heavy atom. The average molecular weight is 355 g/mol. The maximum atomic E-state index is 13.2. The van der Waals surface area contributed by atoms with Gasteiger partial charge in [0.05, 0.1) is 17.6 Å². The standard InChI is InChI=1S/C17H19F2NO3S/c1-12(2)23-11-14-6-4-3-5-13(14)10-20-24(21,22)15-7-8-16(18)17(19)9-15/h3-9,12,20H,10-11H2,1-2H3. The van der Waals surface area contributed by atoms with E-state index in [9.17, 15) is 17.2 Å². The van der Waals surface area contributed by atoms with Crippen LogP contribution in [0.1, 0.15) is 25.0 Å². The first kappa shape index (κ1) is 18.5. The van der Waals surface area contributed by atoms with Crippen molar-refractivity contribution < 1.29 is 21.9 Å². The molecule has 0 fully saturated rings. The second-order valence-corrected chi connectivity index (χ2v) is 7.30. The number of halogens is 2. The van der Waals surface area contributed by atoms with Crippen molar-refractivity contribution in [3.8, 4) is 0 Å². The Balaban J connectivity index is 2.13. The number of rotatable bonds is 7. The fraction of sp³-hybridized carbons (Fsp3) is 0.294. The van der Waals surface area contributed by atoms with E-state index in [2.05, 4.69) is 4.72 Å². The molecule has 4 nitrogen and oxygen atoms in total. The molecule has 0 unspecified atom stereocenters. The van der Waals surface area contributed by atoms with Crippen molar-refractivity contribution in [2.24, 2.45) is 0 Å². The van der Waals surface area contributed by atoms with Crippen LogP contribution in [-0.4, -0.2) is 14.5 Å². The van der Waals surface area contributed by atoms with E-state index in [0.29, 0.717) is 12.7 Å². The molecule has 2 aromatic rings. The molecule has 7 heteroatoms. The molecule has 0 aromatic heterocycles. The van der Waals surface area contributed by atoms with E-state index in [1.54, 1.807) is 12.1 Å². The number of benzene rings is 2. The van der Waals surface area contributed by atoms with Gasteiger partial charge >= 0.3 is 0 Å². The molecule has 0 amide bonds. The Morgan fingerprint density at radius 1 is 1.04 bits per heavy atom. The summed E-state index contributed by atoms with van der Waals surface area (Å²) in [7, 11) is -3.94. The van der Waals surface area contributed by atoms with E-state index in [4.69, 9.17) is 4.74 Å². The van der Waals surface area contributed by atoms with Crippen molar-refractivity contribution in [2.75, 3.05) is 0 Å². The topological polar surface area (TPSA) is 55.4 Å². The van der Waals surface area contributed by atoms with Gasteiger partial charge in [-0.2, -0.15) is 0 Å². The highest BCUT2D eigenvalue weighted by Crippen LogP contribution is 2.16. The van der Waals surface area contributed by atoms with Gasteiger partial charge in [-0.3, -0.25) is 0 Å². The summed E-state index contributed by atoms with van der Waals surface area (Å²) in [6.07, 6.45) is 0.0527. The highest BCUT2D eigenvalue weighted by atomic mass is 32.2. The predicted molar refractivity (Wildman–Crippen MR) is 86.8 cm³/mol. The molecular formula is C17H19F2NO3S. The van der Waals surface area contributed by atoms with Crippen LogP contribution in [0.25, 0.3) is 0 Å². The maximum Gasteiger partial charge on any atom is 0.240 e. The van der Waals surface area contributed by atoms with E-state index in [-0.39, 0.29) is 17.5 Å². The second kappa shape index (κ2) is 7.83. The van der Waals surface area contributed by atoms with Gasteiger partial charge in [0.25, 0.3) is 0 Å². The molecule has 0 atom stereocenters. The third-order valence-corrected chi connectivity index (χ3v) is 4.74. The SMILES string of the molecule is CC(C)OCc1ccccc1CNS(=O)(=O)c1ccc(F)c(F)c1. The van der Waals surface area contributed by atoms with Crippen LogP contribution >= 0.6 is 0 Å². The van der Waals surface area contributed by atoms with Crippen molar-refractivity contribution in [1.82, 2.24) is 4.72 Å². The van der Waals surface area contributed by atoms with Gasteiger partial charge in [-0.05, 0) is 43.2 Å². The average Bonchev–Trinajstić information content (AvgIpc) is 2.54.